The lowest BCUT2D eigenvalue weighted by molar-refractivity contribution is 0.154. The van der Waals surface area contributed by atoms with Crippen molar-refractivity contribution in [3.05, 3.63) is 36.2 Å². The lowest BCUT2D eigenvalue weighted by Gasteiger charge is -2.42. The zero-order valence-electron chi connectivity index (χ0n) is 11.6. The van der Waals surface area contributed by atoms with Gasteiger partial charge in [-0.15, -0.1) is 0 Å². The highest BCUT2D eigenvalue weighted by Gasteiger charge is 2.51. The van der Waals surface area contributed by atoms with E-state index in [0.29, 0.717) is 11.3 Å². The maximum atomic E-state index is 4.75. The Balaban J connectivity index is 1.65. The Kier molecular flexibility index (Phi) is 2.65. The highest BCUT2D eigenvalue weighted by atomic mass is 15.3. The van der Waals surface area contributed by atoms with Crippen molar-refractivity contribution in [2.45, 2.75) is 5.92 Å². The lowest BCUT2D eigenvalue weighted by atomic mass is 9.73. The minimum atomic E-state index is 0.349. The summed E-state index contributed by atoms with van der Waals surface area (Å²) in [4.78, 5) is 7.15. The summed E-state index contributed by atoms with van der Waals surface area (Å²) >= 11 is 0. The molecule has 1 aromatic heterocycles. The van der Waals surface area contributed by atoms with Gasteiger partial charge in [0.15, 0.2) is 5.82 Å². The van der Waals surface area contributed by atoms with Gasteiger partial charge < -0.3 is 10.2 Å². The summed E-state index contributed by atoms with van der Waals surface area (Å²) in [6, 6.07) is 10.2. The zero-order chi connectivity index (χ0) is 13.6. The van der Waals surface area contributed by atoms with E-state index in [-0.39, 0.29) is 0 Å². The van der Waals surface area contributed by atoms with Crippen molar-refractivity contribution in [3.63, 3.8) is 0 Å². The van der Waals surface area contributed by atoms with Crippen LogP contribution < -0.4 is 5.32 Å². The number of H-pyrrole nitrogens is 1. The monoisotopic (exact) mass is 269 g/mol. The molecule has 0 aliphatic carbocycles. The van der Waals surface area contributed by atoms with Crippen molar-refractivity contribution in [2.24, 2.45) is 5.41 Å². The van der Waals surface area contributed by atoms with Gasteiger partial charge in [0.1, 0.15) is 5.82 Å². The zero-order valence-corrected chi connectivity index (χ0v) is 11.6. The third kappa shape index (κ3) is 1.77. The molecular formula is C15H19N5. The van der Waals surface area contributed by atoms with Gasteiger partial charge in [-0.1, -0.05) is 30.3 Å². The standard InChI is InChI=1S/C15H19N5/c1-20-7-12(15(10-20)8-16-9-15)14-17-13(18-19-14)11-5-3-2-4-6-11/h2-6,12,16H,7-10H2,1H3,(H,17,18,19). The van der Waals surface area contributed by atoms with Gasteiger partial charge in [-0.2, -0.15) is 5.10 Å². The highest BCUT2D eigenvalue weighted by Crippen LogP contribution is 2.44. The van der Waals surface area contributed by atoms with Crippen molar-refractivity contribution >= 4 is 0 Å². The fourth-order valence-electron chi connectivity index (χ4n) is 3.54. The Labute approximate surface area is 118 Å². The molecule has 2 N–H and O–H groups in total. The summed E-state index contributed by atoms with van der Waals surface area (Å²) in [5.41, 5.74) is 1.42. The predicted molar refractivity (Wildman–Crippen MR) is 77.4 cm³/mol. The van der Waals surface area contributed by atoms with Crippen LogP contribution >= 0.6 is 0 Å². The molecule has 2 aromatic rings. The number of hydrogen-bond acceptors (Lipinski definition) is 4. The van der Waals surface area contributed by atoms with E-state index >= 15 is 0 Å². The molecule has 0 bridgehead atoms. The molecule has 1 atom stereocenters. The van der Waals surface area contributed by atoms with E-state index in [4.69, 9.17) is 4.98 Å². The first-order valence-corrected chi connectivity index (χ1v) is 7.14. The lowest BCUT2D eigenvalue weighted by Crippen LogP contribution is -2.57. The van der Waals surface area contributed by atoms with E-state index in [9.17, 15) is 0 Å². The Bertz CT molecular complexity index is 602. The van der Waals surface area contributed by atoms with Crippen LogP contribution in [0.15, 0.2) is 30.3 Å². The Morgan fingerprint density at radius 2 is 2.05 bits per heavy atom. The molecule has 1 spiro atoms. The molecule has 4 rings (SSSR count). The molecule has 1 unspecified atom stereocenters. The van der Waals surface area contributed by atoms with Crippen LogP contribution in [0.1, 0.15) is 11.7 Å². The van der Waals surface area contributed by atoms with Crippen LogP contribution in [0.3, 0.4) is 0 Å². The first-order valence-electron chi connectivity index (χ1n) is 7.14. The van der Waals surface area contributed by atoms with Crippen LogP contribution in [0, 0.1) is 5.41 Å². The summed E-state index contributed by atoms with van der Waals surface area (Å²) in [6.07, 6.45) is 0. The average molecular weight is 269 g/mol. The van der Waals surface area contributed by atoms with E-state index in [0.717, 1.165) is 43.4 Å². The third-order valence-electron chi connectivity index (χ3n) is 4.64. The average Bonchev–Trinajstić information content (AvgIpc) is 3.03. The van der Waals surface area contributed by atoms with E-state index in [2.05, 4.69) is 27.5 Å². The van der Waals surface area contributed by atoms with E-state index in [1.807, 2.05) is 30.3 Å². The van der Waals surface area contributed by atoms with Gasteiger partial charge in [0, 0.05) is 43.1 Å². The van der Waals surface area contributed by atoms with Gasteiger partial charge in [0.2, 0.25) is 0 Å². The molecule has 20 heavy (non-hydrogen) atoms. The predicted octanol–water partition coefficient (Wildman–Crippen LogP) is 1.09. The number of aromatic nitrogens is 3. The van der Waals surface area contributed by atoms with Gasteiger partial charge in [-0.25, -0.2) is 4.98 Å². The van der Waals surface area contributed by atoms with Gasteiger partial charge in [0.25, 0.3) is 0 Å². The van der Waals surface area contributed by atoms with Gasteiger partial charge >= 0.3 is 0 Å². The van der Waals surface area contributed by atoms with Gasteiger partial charge in [0.05, 0.1) is 0 Å². The number of likely N-dealkylation sites (N-methyl/N-ethyl adjacent to an activating group) is 1. The molecule has 3 heterocycles. The number of aromatic amines is 1. The van der Waals surface area contributed by atoms with E-state index in [1.54, 1.807) is 0 Å². The maximum Gasteiger partial charge on any atom is 0.181 e. The molecule has 0 amide bonds. The fraction of sp³-hybridized carbons (Fsp3) is 0.467. The Morgan fingerprint density at radius 1 is 1.25 bits per heavy atom. The number of hydrogen-bond donors (Lipinski definition) is 2. The fourth-order valence-corrected chi connectivity index (χ4v) is 3.54. The van der Waals surface area contributed by atoms with Crippen LogP contribution in [0.2, 0.25) is 0 Å². The highest BCUT2D eigenvalue weighted by molar-refractivity contribution is 5.54. The van der Waals surface area contributed by atoms with Crippen LogP contribution in [-0.2, 0) is 0 Å². The van der Waals surface area contributed by atoms with E-state index in [1.165, 1.54) is 0 Å². The number of nitrogens with one attached hydrogen (secondary N) is 2. The minimum Gasteiger partial charge on any atom is -0.315 e. The summed E-state index contributed by atoms with van der Waals surface area (Å²) in [5, 5.41) is 11.0. The van der Waals surface area contributed by atoms with Crippen molar-refractivity contribution in [1.82, 2.24) is 25.4 Å². The molecule has 104 valence electrons. The van der Waals surface area contributed by atoms with Crippen molar-refractivity contribution in [2.75, 3.05) is 33.2 Å². The van der Waals surface area contributed by atoms with Crippen LogP contribution in [0.25, 0.3) is 11.4 Å². The number of rotatable bonds is 2. The van der Waals surface area contributed by atoms with Crippen molar-refractivity contribution in [1.29, 1.82) is 0 Å². The molecule has 0 radical (unpaired) electrons. The van der Waals surface area contributed by atoms with Crippen molar-refractivity contribution < 1.29 is 0 Å². The minimum absolute atomic E-state index is 0.349. The molecular weight excluding hydrogens is 250 g/mol. The number of benzene rings is 1. The largest absolute Gasteiger partial charge is 0.315 e. The third-order valence-corrected chi connectivity index (χ3v) is 4.64. The van der Waals surface area contributed by atoms with E-state index < -0.39 is 0 Å². The topological polar surface area (TPSA) is 56.8 Å². The summed E-state index contributed by atoms with van der Waals surface area (Å²) in [6.45, 7) is 4.38. The first kappa shape index (κ1) is 12.1. The maximum absolute atomic E-state index is 4.75. The number of nitrogens with zero attached hydrogens (tertiary/aromatic N) is 3. The summed E-state index contributed by atoms with van der Waals surface area (Å²) in [7, 11) is 2.19. The molecule has 2 aliphatic heterocycles. The first-order chi connectivity index (χ1) is 9.77. The molecule has 2 fully saturated rings. The second-order valence-corrected chi connectivity index (χ2v) is 6.13. The Morgan fingerprint density at radius 3 is 2.75 bits per heavy atom. The normalized spacial score (nSPS) is 24.9. The van der Waals surface area contributed by atoms with Crippen molar-refractivity contribution in [3.8, 4) is 11.4 Å². The second kappa shape index (κ2) is 4.40. The van der Waals surface area contributed by atoms with Crippen LogP contribution in [0.5, 0.6) is 0 Å². The smallest absolute Gasteiger partial charge is 0.181 e. The van der Waals surface area contributed by atoms with Gasteiger partial charge in [-0.05, 0) is 7.05 Å². The molecule has 1 aromatic carbocycles. The summed E-state index contributed by atoms with van der Waals surface area (Å²) in [5.74, 6) is 2.30. The second-order valence-electron chi connectivity index (χ2n) is 6.13. The summed E-state index contributed by atoms with van der Waals surface area (Å²) < 4.78 is 0. The van der Waals surface area contributed by atoms with Crippen LogP contribution in [0.4, 0.5) is 0 Å². The Hall–Kier alpha value is -1.72. The van der Waals surface area contributed by atoms with Gasteiger partial charge in [-0.3, -0.25) is 5.10 Å². The molecule has 0 saturated carbocycles. The number of likely N-dealkylation sites (tertiary alicyclic amines) is 1. The molecule has 2 saturated heterocycles. The SMILES string of the molecule is CN1CC(c2nc(-c3ccccc3)n[nH]2)C2(CNC2)C1. The quantitative estimate of drug-likeness (QED) is 0.857. The molecule has 5 heteroatoms. The molecule has 5 nitrogen and oxygen atoms in total. The van der Waals surface area contributed by atoms with Crippen LogP contribution in [-0.4, -0.2) is 53.3 Å². The molecule has 2 aliphatic rings.